The molecule has 1 amide bonds. The predicted molar refractivity (Wildman–Crippen MR) is 92.7 cm³/mol. The second-order valence-corrected chi connectivity index (χ2v) is 6.05. The van der Waals surface area contributed by atoms with Crippen molar-refractivity contribution in [1.82, 2.24) is 5.32 Å². The number of nitrogens with one attached hydrogen (secondary N) is 2. The molecular formula is C18H25N2O4+. The smallest absolute Gasteiger partial charge is 0.336 e. The van der Waals surface area contributed by atoms with Gasteiger partial charge in [0.1, 0.15) is 11.3 Å². The van der Waals surface area contributed by atoms with Crippen LogP contribution >= 0.6 is 0 Å². The van der Waals surface area contributed by atoms with E-state index in [4.69, 9.17) is 9.15 Å². The first-order valence-electron chi connectivity index (χ1n) is 8.25. The van der Waals surface area contributed by atoms with Gasteiger partial charge in [0.15, 0.2) is 6.61 Å². The van der Waals surface area contributed by atoms with Crippen molar-refractivity contribution in [3.05, 3.63) is 40.2 Å². The van der Waals surface area contributed by atoms with Crippen LogP contribution in [0.1, 0.15) is 18.9 Å². The Hall–Kier alpha value is -2.34. The molecule has 2 N–H and O–H groups in total. The summed E-state index contributed by atoms with van der Waals surface area (Å²) in [6.45, 7) is 3.57. The van der Waals surface area contributed by atoms with Crippen LogP contribution < -0.4 is 20.6 Å². The number of ether oxygens (including phenoxy) is 1. The van der Waals surface area contributed by atoms with Gasteiger partial charge in [0.2, 0.25) is 0 Å². The molecule has 1 aromatic carbocycles. The number of hydrogen-bond acceptors (Lipinski definition) is 4. The Balaban J connectivity index is 1.93. The van der Waals surface area contributed by atoms with Crippen LogP contribution in [0.3, 0.4) is 0 Å². The van der Waals surface area contributed by atoms with Gasteiger partial charge in [-0.2, -0.15) is 0 Å². The molecule has 0 spiro atoms. The Morgan fingerprint density at radius 3 is 2.79 bits per heavy atom. The number of hydrogen-bond donors (Lipinski definition) is 2. The lowest BCUT2D eigenvalue weighted by Gasteiger charge is -2.10. The lowest BCUT2D eigenvalue weighted by Crippen LogP contribution is -3.05. The maximum atomic E-state index is 11.8. The molecule has 0 aliphatic carbocycles. The molecule has 2 rings (SSSR count). The molecule has 24 heavy (non-hydrogen) atoms. The molecule has 0 aliphatic heterocycles. The summed E-state index contributed by atoms with van der Waals surface area (Å²) < 4.78 is 10.7. The quantitative estimate of drug-likeness (QED) is 0.541. The average molecular weight is 333 g/mol. The van der Waals surface area contributed by atoms with Crippen molar-refractivity contribution in [3.8, 4) is 5.75 Å². The first-order valence-corrected chi connectivity index (χ1v) is 8.25. The lowest BCUT2D eigenvalue weighted by atomic mass is 10.1. The molecule has 0 radical (unpaired) electrons. The maximum Gasteiger partial charge on any atom is 0.336 e. The zero-order valence-electron chi connectivity index (χ0n) is 14.5. The highest BCUT2D eigenvalue weighted by Crippen LogP contribution is 2.22. The number of amides is 1. The predicted octanol–water partition coefficient (Wildman–Crippen LogP) is 0.385. The van der Waals surface area contributed by atoms with Crippen LogP contribution in [0.2, 0.25) is 0 Å². The fourth-order valence-electron chi connectivity index (χ4n) is 2.46. The Bertz CT molecular complexity index is 752. The third-order valence-corrected chi connectivity index (χ3v) is 3.73. The number of rotatable bonds is 8. The van der Waals surface area contributed by atoms with Gasteiger partial charge in [-0.15, -0.1) is 0 Å². The number of carbonyl (C=O) groups excluding carboxylic acids is 1. The van der Waals surface area contributed by atoms with E-state index in [2.05, 4.69) is 19.4 Å². The molecule has 1 aromatic heterocycles. The van der Waals surface area contributed by atoms with E-state index in [1.165, 1.54) is 11.0 Å². The van der Waals surface area contributed by atoms with E-state index in [0.29, 0.717) is 17.9 Å². The molecule has 0 fully saturated rings. The second kappa shape index (κ2) is 8.49. The Kier molecular flexibility index (Phi) is 6.37. The van der Waals surface area contributed by atoms with Gasteiger partial charge in [0, 0.05) is 30.5 Å². The summed E-state index contributed by atoms with van der Waals surface area (Å²) >= 11 is 0. The Morgan fingerprint density at radius 1 is 1.29 bits per heavy atom. The molecule has 0 atom stereocenters. The van der Waals surface area contributed by atoms with E-state index in [-0.39, 0.29) is 18.1 Å². The molecule has 0 bridgehead atoms. The summed E-state index contributed by atoms with van der Waals surface area (Å²) in [6.07, 6.45) is 1.67. The number of carbonyl (C=O) groups is 1. The van der Waals surface area contributed by atoms with Crippen LogP contribution in [0.5, 0.6) is 5.75 Å². The average Bonchev–Trinajstić information content (AvgIpc) is 2.55. The Labute approximate surface area is 141 Å². The van der Waals surface area contributed by atoms with Gasteiger partial charge in [-0.3, -0.25) is 4.79 Å². The number of benzene rings is 1. The fourth-order valence-corrected chi connectivity index (χ4v) is 2.46. The van der Waals surface area contributed by atoms with Gasteiger partial charge in [-0.25, -0.2) is 4.79 Å². The topological polar surface area (TPSA) is 73.0 Å². The molecule has 0 aliphatic rings. The van der Waals surface area contributed by atoms with E-state index < -0.39 is 0 Å². The first-order chi connectivity index (χ1) is 11.5. The third kappa shape index (κ3) is 5.09. The largest absolute Gasteiger partial charge is 0.484 e. The Morgan fingerprint density at radius 2 is 2.08 bits per heavy atom. The third-order valence-electron chi connectivity index (χ3n) is 3.73. The van der Waals surface area contributed by atoms with Crippen molar-refractivity contribution in [1.29, 1.82) is 0 Å². The van der Waals surface area contributed by atoms with E-state index in [9.17, 15) is 9.59 Å². The van der Waals surface area contributed by atoms with Gasteiger partial charge in [-0.05, 0) is 24.1 Å². The summed E-state index contributed by atoms with van der Waals surface area (Å²) in [7, 11) is 4.15. The molecule has 6 heteroatoms. The number of quaternary nitrogens is 1. The molecule has 0 unspecified atom stereocenters. The number of fused-ring (bicyclic) bond motifs is 1. The summed E-state index contributed by atoms with van der Waals surface area (Å²) in [6, 6.07) is 6.79. The van der Waals surface area contributed by atoms with Crippen molar-refractivity contribution >= 4 is 16.9 Å². The second-order valence-electron chi connectivity index (χ2n) is 6.05. The van der Waals surface area contributed by atoms with Crippen molar-refractivity contribution < 1.29 is 18.8 Å². The molecule has 6 nitrogen and oxygen atoms in total. The summed E-state index contributed by atoms with van der Waals surface area (Å²) in [5, 5.41) is 3.71. The summed E-state index contributed by atoms with van der Waals surface area (Å²) in [5.74, 6) is 0.347. The standard InChI is InChI=1S/C18H24N2O4/c1-4-13-10-18(22)24-16-11-14(6-7-15(13)16)23-12-17(21)19-8-5-9-20(2)3/h6-7,10-11H,4-5,8-9,12H2,1-3H3,(H,19,21)/p+1. The molecule has 1 heterocycles. The van der Waals surface area contributed by atoms with E-state index in [1.54, 1.807) is 12.1 Å². The van der Waals surface area contributed by atoms with Crippen molar-refractivity contribution in [2.24, 2.45) is 0 Å². The van der Waals surface area contributed by atoms with Crippen molar-refractivity contribution in [2.45, 2.75) is 19.8 Å². The minimum Gasteiger partial charge on any atom is -0.484 e. The fraction of sp³-hybridized carbons (Fsp3) is 0.444. The van der Waals surface area contributed by atoms with Gasteiger partial charge < -0.3 is 19.4 Å². The molecule has 130 valence electrons. The lowest BCUT2D eigenvalue weighted by molar-refractivity contribution is -0.858. The van der Waals surface area contributed by atoms with E-state index in [1.807, 2.05) is 13.0 Å². The zero-order chi connectivity index (χ0) is 17.5. The highest BCUT2D eigenvalue weighted by Gasteiger charge is 2.07. The van der Waals surface area contributed by atoms with Crippen LogP contribution in [0.4, 0.5) is 0 Å². The van der Waals surface area contributed by atoms with Gasteiger partial charge in [-0.1, -0.05) is 6.92 Å². The molecular weight excluding hydrogens is 308 g/mol. The van der Waals surface area contributed by atoms with Crippen molar-refractivity contribution in [2.75, 3.05) is 33.8 Å². The van der Waals surface area contributed by atoms with Gasteiger partial charge in [0.05, 0.1) is 20.6 Å². The van der Waals surface area contributed by atoms with E-state index in [0.717, 1.165) is 30.3 Å². The highest BCUT2D eigenvalue weighted by molar-refractivity contribution is 5.82. The number of aryl methyl sites for hydroxylation is 1. The maximum absolute atomic E-state index is 11.8. The van der Waals surface area contributed by atoms with Crippen LogP contribution in [-0.2, 0) is 11.2 Å². The van der Waals surface area contributed by atoms with Gasteiger partial charge in [0.25, 0.3) is 5.91 Å². The zero-order valence-corrected chi connectivity index (χ0v) is 14.5. The molecule has 2 aromatic rings. The van der Waals surface area contributed by atoms with E-state index >= 15 is 0 Å². The van der Waals surface area contributed by atoms with Gasteiger partial charge >= 0.3 is 5.63 Å². The monoisotopic (exact) mass is 333 g/mol. The molecule has 0 saturated carbocycles. The normalized spacial score (nSPS) is 11.0. The van der Waals surface area contributed by atoms with Crippen LogP contribution in [-0.4, -0.2) is 39.7 Å². The first kappa shape index (κ1) is 18.0. The van der Waals surface area contributed by atoms with Crippen LogP contribution in [0.25, 0.3) is 11.0 Å². The van der Waals surface area contributed by atoms with Crippen LogP contribution in [0, 0.1) is 0 Å². The summed E-state index contributed by atoms with van der Waals surface area (Å²) in [5.41, 5.74) is 1.04. The SMILES string of the molecule is CCc1cc(=O)oc2cc(OCC(=O)NCCC[NH+](C)C)ccc12. The highest BCUT2D eigenvalue weighted by atomic mass is 16.5. The van der Waals surface area contributed by atoms with Crippen LogP contribution in [0.15, 0.2) is 33.5 Å². The summed E-state index contributed by atoms with van der Waals surface area (Å²) in [4.78, 5) is 24.7. The molecule has 0 saturated heterocycles. The minimum atomic E-state index is -0.378. The minimum absolute atomic E-state index is 0.0575. The van der Waals surface area contributed by atoms with Crippen molar-refractivity contribution in [3.63, 3.8) is 0 Å².